The fourth-order valence-electron chi connectivity index (χ4n) is 1.50. The van der Waals surface area contributed by atoms with Crippen LogP contribution < -0.4 is 5.73 Å². The standard InChI is InChI=1S/C12H25NO2/c1-11(2,3)6-7-14-12(4,5)8-9-10(13)15-9/h9-10H,6-8,13H2,1-5H3. The van der Waals surface area contributed by atoms with Crippen LogP contribution in [0.2, 0.25) is 0 Å². The summed E-state index contributed by atoms with van der Waals surface area (Å²) in [6, 6.07) is 0. The van der Waals surface area contributed by atoms with Crippen LogP contribution in [0, 0.1) is 5.41 Å². The van der Waals surface area contributed by atoms with Crippen molar-refractivity contribution in [3.8, 4) is 0 Å². The summed E-state index contributed by atoms with van der Waals surface area (Å²) in [4.78, 5) is 0. The summed E-state index contributed by atoms with van der Waals surface area (Å²) < 4.78 is 11.1. The van der Waals surface area contributed by atoms with Gasteiger partial charge in [0.15, 0.2) is 0 Å². The Bertz CT molecular complexity index is 208. The molecule has 0 aliphatic carbocycles. The highest BCUT2D eigenvalue weighted by Crippen LogP contribution is 2.29. The molecule has 15 heavy (non-hydrogen) atoms. The van der Waals surface area contributed by atoms with E-state index in [4.69, 9.17) is 15.2 Å². The molecule has 0 bridgehead atoms. The van der Waals surface area contributed by atoms with Crippen LogP contribution in [-0.2, 0) is 9.47 Å². The van der Waals surface area contributed by atoms with Gasteiger partial charge in [0.1, 0.15) is 12.3 Å². The average molecular weight is 215 g/mol. The molecule has 2 atom stereocenters. The zero-order valence-corrected chi connectivity index (χ0v) is 10.7. The molecule has 0 saturated carbocycles. The van der Waals surface area contributed by atoms with Crippen LogP contribution in [-0.4, -0.2) is 24.5 Å². The van der Waals surface area contributed by atoms with Crippen molar-refractivity contribution in [1.29, 1.82) is 0 Å². The van der Waals surface area contributed by atoms with Crippen LogP contribution in [0.5, 0.6) is 0 Å². The van der Waals surface area contributed by atoms with E-state index >= 15 is 0 Å². The first-order valence-electron chi connectivity index (χ1n) is 5.75. The normalized spacial score (nSPS) is 26.8. The van der Waals surface area contributed by atoms with E-state index in [2.05, 4.69) is 34.6 Å². The molecule has 1 fully saturated rings. The molecule has 2 unspecified atom stereocenters. The summed E-state index contributed by atoms with van der Waals surface area (Å²) in [6.45, 7) is 11.7. The third kappa shape index (κ3) is 5.50. The van der Waals surface area contributed by atoms with Gasteiger partial charge in [-0.25, -0.2) is 0 Å². The average Bonchev–Trinajstić information content (AvgIpc) is 2.60. The quantitative estimate of drug-likeness (QED) is 0.716. The minimum atomic E-state index is -0.121. The summed E-state index contributed by atoms with van der Waals surface area (Å²) in [6.07, 6.45) is 2.11. The summed E-state index contributed by atoms with van der Waals surface area (Å²) in [5, 5.41) is 0. The van der Waals surface area contributed by atoms with E-state index in [1.807, 2.05) is 0 Å². The largest absolute Gasteiger partial charge is 0.375 e. The molecule has 3 nitrogen and oxygen atoms in total. The van der Waals surface area contributed by atoms with Crippen LogP contribution in [0.1, 0.15) is 47.5 Å². The lowest BCUT2D eigenvalue weighted by atomic mass is 9.93. The molecular weight excluding hydrogens is 190 g/mol. The molecule has 0 aromatic carbocycles. The number of rotatable bonds is 5. The molecule has 0 aromatic heterocycles. The maximum atomic E-state index is 5.87. The number of hydrogen-bond donors (Lipinski definition) is 1. The molecule has 0 amide bonds. The van der Waals surface area contributed by atoms with Gasteiger partial charge in [0.2, 0.25) is 0 Å². The minimum absolute atomic E-state index is 0.0597. The molecule has 0 spiro atoms. The van der Waals surface area contributed by atoms with E-state index in [0.29, 0.717) is 5.41 Å². The predicted molar refractivity (Wildman–Crippen MR) is 61.6 cm³/mol. The fraction of sp³-hybridized carbons (Fsp3) is 1.00. The number of nitrogens with two attached hydrogens (primary N) is 1. The summed E-state index contributed by atoms with van der Waals surface area (Å²) in [5.41, 5.74) is 5.81. The van der Waals surface area contributed by atoms with Gasteiger partial charge in [-0.1, -0.05) is 20.8 Å². The van der Waals surface area contributed by atoms with Crippen molar-refractivity contribution in [2.24, 2.45) is 11.1 Å². The second-order valence-corrected chi connectivity index (χ2v) is 6.26. The number of hydrogen-bond acceptors (Lipinski definition) is 3. The van der Waals surface area contributed by atoms with Crippen molar-refractivity contribution < 1.29 is 9.47 Å². The van der Waals surface area contributed by atoms with Crippen molar-refractivity contribution in [2.45, 2.75) is 65.4 Å². The van der Waals surface area contributed by atoms with Gasteiger partial charge in [-0.15, -0.1) is 0 Å². The number of epoxide rings is 1. The van der Waals surface area contributed by atoms with Crippen molar-refractivity contribution in [2.75, 3.05) is 6.61 Å². The highest BCUT2D eigenvalue weighted by atomic mass is 16.6. The van der Waals surface area contributed by atoms with Crippen molar-refractivity contribution in [3.05, 3.63) is 0 Å². The molecule has 2 N–H and O–H groups in total. The molecule has 0 aromatic rings. The fourth-order valence-corrected chi connectivity index (χ4v) is 1.50. The smallest absolute Gasteiger partial charge is 0.132 e. The summed E-state index contributed by atoms with van der Waals surface area (Å²) >= 11 is 0. The predicted octanol–water partition coefficient (Wildman–Crippen LogP) is 2.29. The maximum absolute atomic E-state index is 5.87. The van der Waals surface area contributed by atoms with E-state index in [9.17, 15) is 0 Å². The van der Waals surface area contributed by atoms with Crippen LogP contribution in [0.15, 0.2) is 0 Å². The van der Waals surface area contributed by atoms with Crippen LogP contribution in [0.4, 0.5) is 0 Å². The Morgan fingerprint density at radius 2 is 1.73 bits per heavy atom. The zero-order valence-electron chi connectivity index (χ0n) is 10.7. The molecular formula is C12H25NO2. The third-order valence-corrected chi connectivity index (χ3v) is 2.66. The van der Waals surface area contributed by atoms with E-state index in [1.165, 1.54) is 0 Å². The van der Waals surface area contributed by atoms with Gasteiger partial charge in [-0.2, -0.15) is 0 Å². The van der Waals surface area contributed by atoms with Gasteiger partial charge >= 0.3 is 0 Å². The Labute approximate surface area is 93.3 Å². The van der Waals surface area contributed by atoms with E-state index in [0.717, 1.165) is 19.4 Å². The lowest BCUT2D eigenvalue weighted by Crippen LogP contribution is -2.29. The van der Waals surface area contributed by atoms with E-state index < -0.39 is 0 Å². The topological polar surface area (TPSA) is 47.8 Å². The summed E-state index contributed by atoms with van der Waals surface area (Å²) in [7, 11) is 0. The van der Waals surface area contributed by atoms with Gasteiger partial charge < -0.3 is 15.2 Å². The lowest BCUT2D eigenvalue weighted by molar-refractivity contribution is -0.0369. The first-order chi connectivity index (χ1) is 6.70. The van der Waals surface area contributed by atoms with Crippen LogP contribution in [0.25, 0.3) is 0 Å². The van der Waals surface area contributed by atoms with Gasteiger partial charge in [-0.3, -0.25) is 0 Å². The monoisotopic (exact) mass is 215 g/mol. The first-order valence-corrected chi connectivity index (χ1v) is 5.75. The Kier molecular flexibility index (Phi) is 3.80. The van der Waals surface area contributed by atoms with Crippen LogP contribution >= 0.6 is 0 Å². The Hall–Kier alpha value is -0.120. The number of ether oxygens (including phenoxy) is 2. The van der Waals surface area contributed by atoms with E-state index in [1.54, 1.807) is 0 Å². The summed E-state index contributed by atoms with van der Waals surface area (Å²) in [5.74, 6) is 0. The molecule has 1 aliphatic rings. The van der Waals surface area contributed by atoms with Crippen molar-refractivity contribution >= 4 is 0 Å². The maximum Gasteiger partial charge on any atom is 0.132 e. The Morgan fingerprint density at radius 1 is 1.20 bits per heavy atom. The minimum Gasteiger partial charge on any atom is -0.375 e. The molecule has 1 saturated heterocycles. The first kappa shape index (κ1) is 12.9. The van der Waals surface area contributed by atoms with E-state index in [-0.39, 0.29) is 17.9 Å². The zero-order chi connectivity index (χ0) is 11.7. The Morgan fingerprint density at radius 3 is 2.13 bits per heavy atom. The molecule has 1 aliphatic heterocycles. The van der Waals surface area contributed by atoms with Crippen LogP contribution in [0.3, 0.4) is 0 Å². The van der Waals surface area contributed by atoms with Gasteiger partial charge in [0.05, 0.1) is 5.60 Å². The Balaban J connectivity index is 2.18. The van der Waals surface area contributed by atoms with Crippen molar-refractivity contribution in [3.63, 3.8) is 0 Å². The molecule has 90 valence electrons. The molecule has 3 heteroatoms. The highest BCUT2D eigenvalue weighted by Gasteiger charge is 2.40. The third-order valence-electron chi connectivity index (χ3n) is 2.66. The van der Waals surface area contributed by atoms with Gasteiger partial charge in [0, 0.05) is 13.0 Å². The molecule has 1 heterocycles. The highest BCUT2D eigenvalue weighted by molar-refractivity contribution is 4.86. The van der Waals surface area contributed by atoms with Gasteiger partial charge in [-0.05, 0) is 25.7 Å². The lowest BCUT2D eigenvalue weighted by Gasteiger charge is -2.27. The van der Waals surface area contributed by atoms with Crippen molar-refractivity contribution in [1.82, 2.24) is 0 Å². The SMILES string of the molecule is CC(C)(C)CCOC(C)(C)CC1OC1N. The molecule has 0 radical (unpaired) electrons. The molecule has 1 rings (SSSR count). The second-order valence-electron chi connectivity index (χ2n) is 6.26. The second kappa shape index (κ2) is 4.40. The van der Waals surface area contributed by atoms with Gasteiger partial charge in [0.25, 0.3) is 0 Å².